The van der Waals surface area contributed by atoms with Crippen LogP contribution in [0.15, 0.2) is 72.8 Å². The Morgan fingerprint density at radius 2 is 1.00 bits per heavy atom. The Labute approximate surface area is 188 Å². The highest BCUT2D eigenvalue weighted by molar-refractivity contribution is 5.85. The number of H-pyrrole nitrogens is 2. The summed E-state index contributed by atoms with van der Waals surface area (Å²) in [5.41, 5.74) is 4.73. The summed E-state index contributed by atoms with van der Waals surface area (Å²) < 4.78 is 0. The van der Waals surface area contributed by atoms with Gasteiger partial charge in [-0.05, 0) is 11.1 Å². The van der Waals surface area contributed by atoms with Gasteiger partial charge in [-0.2, -0.15) is 10.2 Å². The molecule has 0 aliphatic heterocycles. The van der Waals surface area contributed by atoms with Gasteiger partial charge in [0.15, 0.2) is 0 Å². The van der Waals surface area contributed by atoms with Crippen LogP contribution in [0.5, 0.6) is 0 Å². The van der Waals surface area contributed by atoms with Crippen LogP contribution in [0.4, 0.5) is 11.6 Å². The lowest BCUT2D eigenvalue weighted by molar-refractivity contribution is 0.974. The maximum Gasteiger partial charge on any atom is 0.148 e. The molecule has 0 bridgehead atoms. The molecule has 0 aliphatic rings. The standard InChI is InChI=1S/C22H24N6.2ClH/c1-3-7-17(8-4-1)13-19-15-21(27-25-19)23-11-12-24-22-16-20(26-28-22)14-18-9-5-2-6-10-18;;/h1-10,15-16H,11-14H2,(H2,23,25,27)(H2,24,26,28);2*1H. The molecular weight excluding hydrogens is 419 g/mol. The number of rotatable bonds is 9. The predicted molar refractivity (Wildman–Crippen MR) is 127 cm³/mol. The molecule has 0 fully saturated rings. The predicted octanol–water partition coefficient (Wildman–Crippen LogP) is 4.68. The summed E-state index contributed by atoms with van der Waals surface area (Å²) in [4.78, 5) is 0. The lowest BCUT2D eigenvalue weighted by atomic mass is 10.1. The Morgan fingerprint density at radius 3 is 1.40 bits per heavy atom. The molecule has 2 aromatic heterocycles. The van der Waals surface area contributed by atoms with Crippen molar-refractivity contribution in [2.24, 2.45) is 0 Å². The Kier molecular flexibility index (Phi) is 9.25. The average Bonchev–Trinajstić information content (AvgIpc) is 3.36. The first kappa shape index (κ1) is 23.3. The van der Waals surface area contributed by atoms with Crippen molar-refractivity contribution >= 4 is 36.4 Å². The smallest absolute Gasteiger partial charge is 0.148 e. The summed E-state index contributed by atoms with van der Waals surface area (Å²) in [5.74, 6) is 1.72. The molecule has 4 N–H and O–H groups in total. The van der Waals surface area contributed by atoms with Crippen LogP contribution < -0.4 is 10.6 Å². The molecule has 30 heavy (non-hydrogen) atoms. The minimum absolute atomic E-state index is 0. The molecule has 0 amide bonds. The lowest BCUT2D eigenvalue weighted by Gasteiger charge is -2.03. The third-order valence-electron chi connectivity index (χ3n) is 4.47. The lowest BCUT2D eigenvalue weighted by Crippen LogP contribution is -2.13. The average molecular weight is 445 g/mol. The summed E-state index contributed by atoms with van der Waals surface area (Å²) in [6.45, 7) is 1.52. The van der Waals surface area contributed by atoms with Gasteiger partial charge in [-0.3, -0.25) is 10.2 Å². The van der Waals surface area contributed by atoms with E-state index in [9.17, 15) is 0 Å². The number of anilines is 2. The number of halogens is 2. The fraction of sp³-hybridized carbons (Fsp3) is 0.182. The van der Waals surface area contributed by atoms with Gasteiger partial charge in [-0.1, -0.05) is 60.7 Å². The largest absolute Gasteiger partial charge is 0.367 e. The van der Waals surface area contributed by atoms with Crippen LogP contribution in [0, 0.1) is 0 Å². The van der Waals surface area contributed by atoms with Crippen LogP contribution in [-0.4, -0.2) is 33.5 Å². The molecule has 0 unspecified atom stereocenters. The maximum absolute atomic E-state index is 4.32. The van der Waals surface area contributed by atoms with Gasteiger partial charge in [0.05, 0.1) is 0 Å². The van der Waals surface area contributed by atoms with Crippen molar-refractivity contribution in [3.63, 3.8) is 0 Å². The molecule has 6 nitrogen and oxygen atoms in total. The van der Waals surface area contributed by atoms with E-state index in [-0.39, 0.29) is 24.8 Å². The van der Waals surface area contributed by atoms with Crippen molar-refractivity contribution < 1.29 is 0 Å². The Bertz CT molecular complexity index is 903. The maximum atomic E-state index is 4.32. The van der Waals surface area contributed by atoms with Crippen LogP contribution >= 0.6 is 24.8 Å². The zero-order chi connectivity index (χ0) is 19.0. The zero-order valence-corrected chi connectivity index (χ0v) is 18.1. The Hall–Kier alpha value is -2.96. The molecule has 0 radical (unpaired) electrons. The SMILES string of the molecule is Cl.Cl.c1ccc(Cc2cc(NCCNc3cc(Cc4ccccc4)[nH]n3)n[nH]2)cc1. The van der Waals surface area contributed by atoms with Crippen LogP contribution in [0.2, 0.25) is 0 Å². The first-order valence-corrected chi connectivity index (χ1v) is 9.49. The normalized spacial score (nSPS) is 10.0. The first-order chi connectivity index (χ1) is 13.8. The van der Waals surface area contributed by atoms with Gasteiger partial charge < -0.3 is 10.6 Å². The summed E-state index contributed by atoms with van der Waals surface area (Å²) in [6.07, 6.45) is 1.70. The highest BCUT2D eigenvalue weighted by Crippen LogP contribution is 2.12. The summed E-state index contributed by atoms with van der Waals surface area (Å²) in [6, 6.07) is 24.9. The molecule has 0 saturated carbocycles. The molecule has 2 heterocycles. The summed E-state index contributed by atoms with van der Waals surface area (Å²) in [5, 5.41) is 21.5. The van der Waals surface area contributed by atoms with Crippen molar-refractivity contribution in [2.45, 2.75) is 12.8 Å². The fourth-order valence-electron chi connectivity index (χ4n) is 3.10. The molecule has 0 atom stereocenters. The molecule has 4 rings (SSSR count). The second kappa shape index (κ2) is 11.9. The zero-order valence-electron chi connectivity index (χ0n) is 16.5. The van der Waals surface area contributed by atoms with Gasteiger partial charge in [-0.25, -0.2) is 0 Å². The number of hydrogen-bond acceptors (Lipinski definition) is 4. The molecular formula is C22H26Cl2N6. The summed E-state index contributed by atoms with van der Waals surface area (Å²) in [7, 11) is 0. The molecule has 0 saturated heterocycles. The van der Waals surface area contributed by atoms with Gasteiger partial charge in [-0.15, -0.1) is 24.8 Å². The van der Waals surface area contributed by atoms with Crippen molar-refractivity contribution in [1.82, 2.24) is 20.4 Å². The van der Waals surface area contributed by atoms with Gasteiger partial charge in [0.1, 0.15) is 11.6 Å². The first-order valence-electron chi connectivity index (χ1n) is 9.49. The minimum atomic E-state index is 0. The minimum Gasteiger partial charge on any atom is -0.367 e. The Morgan fingerprint density at radius 1 is 0.600 bits per heavy atom. The topological polar surface area (TPSA) is 81.4 Å². The van der Waals surface area contributed by atoms with Crippen molar-refractivity contribution in [2.75, 3.05) is 23.7 Å². The quantitative estimate of drug-likeness (QED) is 0.282. The number of benzene rings is 2. The van der Waals surface area contributed by atoms with E-state index < -0.39 is 0 Å². The monoisotopic (exact) mass is 444 g/mol. The van der Waals surface area contributed by atoms with E-state index in [4.69, 9.17) is 0 Å². The third kappa shape index (κ3) is 6.83. The van der Waals surface area contributed by atoms with Gasteiger partial charge in [0.25, 0.3) is 0 Å². The van der Waals surface area contributed by atoms with Crippen LogP contribution in [0.1, 0.15) is 22.5 Å². The van der Waals surface area contributed by atoms with Crippen molar-refractivity contribution in [3.8, 4) is 0 Å². The van der Waals surface area contributed by atoms with E-state index in [1.807, 2.05) is 12.1 Å². The van der Waals surface area contributed by atoms with E-state index >= 15 is 0 Å². The number of aromatic nitrogens is 4. The molecule has 0 aliphatic carbocycles. The van der Waals surface area contributed by atoms with Gasteiger partial charge in [0.2, 0.25) is 0 Å². The second-order valence-electron chi connectivity index (χ2n) is 6.74. The number of nitrogens with one attached hydrogen (secondary N) is 4. The van der Waals surface area contributed by atoms with Crippen molar-refractivity contribution in [3.05, 3.63) is 95.3 Å². The van der Waals surface area contributed by atoms with E-state index in [1.54, 1.807) is 0 Å². The van der Waals surface area contributed by atoms with Gasteiger partial charge in [0, 0.05) is 49.5 Å². The fourth-order valence-corrected chi connectivity index (χ4v) is 3.10. The molecule has 8 heteroatoms. The van der Waals surface area contributed by atoms with Gasteiger partial charge >= 0.3 is 0 Å². The molecule has 158 valence electrons. The second-order valence-corrected chi connectivity index (χ2v) is 6.74. The van der Waals surface area contributed by atoms with E-state index in [1.165, 1.54) is 11.1 Å². The van der Waals surface area contributed by atoms with E-state index in [0.717, 1.165) is 49.0 Å². The molecule has 4 aromatic rings. The third-order valence-corrected chi connectivity index (χ3v) is 4.47. The molecule has 2 aromatic carbocycles. The number of hydrogen-bond donors (Lipinski definition) is 4. The summed E-state index contributed by atoms with van der Waals surface area (Å²) >= 11 is 0. The van der Waals surface area contributed by atoms with Crippen LogP contribution in [-0.2, 0) is 12.8 Å². The van der Waals surface area contributed by atoms with E-state index in [0.29, 0.717) is 0 Å². The Balaban J connectivity index is 0.00000160. The highest BCUT2D eigenvalue weighted by Gasteiger charge is 2.04. The number of nitrogens with zero attached hydrogens (tertiary/aromatic N) is 2. The van der Waals surface area contributed by atoms with Crippen LogP contribution in [0.25, 0.3) is 0 Å². The van der Waals surface area contributed by atoms with Crippen LogP contribution in [0.3, 0.4) is 0 Å². The highest BCUT2D eigenvalue weighted by atomic mass is 35.5. The number of aromatic amines is 2. The van der Waals surface area contributed by atoms with E-state index in [2.05, 4.69) is 91.7 Å². The molecule has 0 spiro atoms. The van der Waals surface area contributed by atoms with Crippen molar-refractivity contribution in [1.29, 1.82) is 0 Å².